The second-order valence-corrected chi connectivity index (χ2v) is 17.0. The number of primary amides is 1. The summed E-state index contributed by atoms with van der Waals surface area (Å²) in [6.45, 7) is 4.54. The van der Waals surface area contributed by atoms with Crippen LogP contribution in [0.2, 0.25) is 0 Å². The Labute approximate surface area is 288 Å². The summed E-state index contributed by atoms with van der Waals surface area (Å²) >= 11 is 2.42. The molecule has 15 nitrogen and oxygen atoms in total. The number of aliphatic carboxylic acids is 1. The van der Waals surface area contributed by atoms with E-state index in [1.807, 2.05) is 30.3 Å². The van der Waals surface area contributed by atoms with Gasteiger partial charge in [-0.25, -0.2) is 0 Å². The number of benzene rings is 1. The van der Waals surface area contributed by atoms with E-state index in [4.69, 9.17) is 5.73 Å². The van der Waals surface area contributed by atoms with Crippen LogP contribution >= 0.6 is 32.7 Å². The zero-order chi connectivity index (χ0) is 35.7. The predicted octanol–water partition coefficient (Wildman–Crippen LogP) is -0.777. The number of likely N-dealkylation sites (N-methyl/N-ethyl adjacent to an activating group) is 1. The Balaban J connectivity index is 3.06. The van der Waals surface area contributed by atoms with Gasteiger partial charge < -0.3 is 16.4 Å². The van der Waals surface area contributed by atoms with Crippen molar-refractivity contribution in [2.24, 2.45) is 11.7 Å². The van der Waals surface area contributed by atoms with Crippen LogP contribution in [-0.2, 0) is 40.0 Å². The first-order chi connectivity index (χ1) is 22.1. The molecule has 1 aromatic carbocycles. The van der Waals surface area contributed by atoms with E-state index in [9.17, 15) is 38.7 Å². The van der Waals surface area contributed by atoms with Crippen LogP contribution in [0.1, 0.15) is 39.2 Å². The zero-order valence-electron chi connectivity index (χ0n) is 27.4. The molecular formula is C30H48IN7O8S. The van der Waals surface area contributed by atoms with Crippen molar-refractivity contribution in [1.82, 2.24) is 29.7 Å². The number of carbonyl (C=O) groups is 7. The molecule has 264 valence electrons. The molecule has 8 N–H and O–H groups in total. The first-order valence-corrected chi connectivity index (χ1v) is 20.4. The maximum atomic E-state index is 13.5. The summed E-state index contributed by atoms with van der Waals surface area (Å²) in [5.74, 6) is -5.75. The summed E-state index contributed by atoms with van der Waals surface area (Å²) in [7, 11) is 1.28. The number of hydrogen-bond donors (Lipinski definition) is 8. The fourth-order valence-electron chi connectivity index (χ4n) is 4.20. The molecule has 0 unspecified atom stereocenters. The molecule has 6 amide bonds. The minimum absolute atomic E-state index is 0.116. The minimum atomic E-state index is -1.62. The number of alkyl halides is 2. The van der Waals surface area contributed by atoms with Gasteiger partial charge in [0.1, 0.15) is 6.04 Å². The van der Waals surface area contributed by atoms with Crippen LogP contribution in [0.3, 0.4) is 0 Å². The summed E-state index contributed by atoms with van der Waals surface area (Å²) in [5.41, 5.74) is 5.97. The van der Waals surface area contributed by atoms with Crippen molar-refractivity contribution < 1.29 is 38.7 Å². The molecule has 0 saturated carbocycles. The van der Waals surface area contributed by atoms with Crippen molar-refractivity contribution in [3.05, 3.63) is 35.9 Å². The molecule has 0 saturated heterocycles. The number of nitrogens with zero attached hydrogens (tertiary/aromatic N) is 1. The number of carbonyl (C=O) groups excluding carboxylic acids is 6. The van der Waals surface area contributed by atoms with Crippen LogP contribution in [-0.4, -0.2) is 111 Å². The summed E-state index contributed by atoms with van der Waals surface area (Å²) < 4.78 is 4.38. The molecule has 0 aliphatic rings. The van der Waals surface area contributed by atoms with E-state index in [0.29, 0.717) is 6.42 Å². The topological polar surface area (TPSA) is 229 Å². The van der Waals surface area contributed by atoms with Gasteiger partial charge in [0.25, 0.3) is 0 Å². The van der Waals surface area contributed by atoms with Crippen molar-refractivity contribution in [3.63, 3.8) is 0 Å². The first-order valence-electron chi connectivity index (χ1n) is 15.0. The molecule has 0 bridgehead atoms. The molecule has 0 fully saturated rings. The first kappa shape index (κ1) is 41.6. The molecule has 0 heterocycles. The molecule has 0 aliphatic carbocycles. The fourth-order valence-corrected chi connectivity index (χ4v) is 6.68. The summed E-state index contributed by atoms with van der Waals surface area (Å²) in [4.78, 5) is 90.7. The van der Waals surface area contributed by atoms with Gasteiger partial charge in [-0.2, -0.15) is 12.6 Å². The van der Waals surface area contributed by atoms with Gasteiger partial charge in [-0.1, -0.05) is 0 Å². The third kappa shape index (κ3) is 15.8. The molecule has 1 aromatic rings. The van der Waals surface area contributed by atoms with Crippen molar-refractivity contribution in [3.8, 4) is 0 Å². The average molecular weight is 794 g/mol. The van der Waals surface area contributed by atoms with Crippen molar-refractivity contribution in [2.45, 2.75) is 64.2 Å². The molecule has 0 aromatic heterocycles. The van der Waals surface area contributed by atoms with E-state index >= 15 is 0 Å². The quantitative estimate of drug-likeness (QED) is 0.0338. The number of nitrogens with two attached hydrogens (primary N) is 1. The zero-order valence-corrected chi connectivity index (χ0v) is 30.4. The molecule has 4 atom stereocenters. The van der Waals surface area contributed by atoms with Gasteiger partial charge in [-0.05, 0) is 0 Å². The average Bonchev–Trinajstić information content (AvgIpc) is 3.02. The Morgan fingerprint density at radius 3 is 2.11 bits per heavy atom. The summed E-state index contributed by atoms with van der Waals surface area (Å²) in [6, 6.07) is 5.39. The third-order valence-electron chi connectivity index (χ3n) is 6.85. The number of amides is 6. The Bertz CT molecular complexity index is 1240. The van der Waals surface area contributed by atoms with Gasteiger partial charge in [0, 0.05) is 5.75 Å². The van der Waals surface area contributed by atoms with Crippen LogP contribution in [0.4, 0.5) is 0 Å². The van der Waals surface area contributed by atoms with Gasteiger partial charge in [0.2, 0.25) is 11.8 Å². The summed E-state index contributed by atoms with van der Waals surface area (Å²) in [5, 5.41) is 19.3. The molecule has 0 aliphatic heterocycles. The van der Waals surface area contributed by atoms with Crippen LogP contribution in [0, 0.1) is 5.92 Å². The van der Waals surface area contributed by atoms with Crippen molar-refractivity contribution >= 4 is 74.1 Å². The second kappa shape index (κ2) is 21.4. The van der Waals surface area contributed by atoms with E-state index < -0.39 is 105 Å². The van der Waals surface area contributed by atoms with Gasteiger partial charge in [0.15, 0.2) is 0 Å². The molecule has 17 heteroatoms. The number of thiol groups is 1. The fraction of sp³-hybridized carbons (Fsp3) is 0.567. The Morgan fingerprint density at radius 2 is 1.57 bits per heavy atom. The molecule has 0 spiro atoms. The Kier molecular flexibility index (Phi) is 19.0. The van der Waals surface area contributed by atoms with E-state index in [-0.39, 0.29) is 18.1 Å². The number of carboxylic acids is 1. The molecule has 47 heavy (non-hydrogen) atoms. The second-order valence-electron chi connectivity index (χ2n) is 11.1. The van der Waals surface area contributed by atoms with Crippen molar-refractivity contribution in [2.75, 3.05) is 35.2 Å². The Morgan fingerprint density at radius 1 is 0.936 bits per heavy atom. The van der Waals surface area contributed by atoms with Gasteiger partial charge in [0.05, 0.1) is 6.54 Å². The van der Waals surface area contributed by atoms with Crippen LogP contribution in [0.15, 0.2) is 30.3 Å². The van der Waals surface area contributed by atoms with Crippen LogP contribution in [0.25, 0.3) is 0 Å². The van der Waals surface area contributed by atoms with Crippen LogP contribution in [0.5, 0.6) is 0 Å². The number of rotatable bonds is 21. The molecule has 0 radical (unpaired) electrons. The number of carboxylic acid groups (broad SMARTS) is 1. The SMILES string of the molecule is CCI(C)N[C@@H](Cc1ccccc1)C(=O)N[C@H](C(=O)N[C@@H](CCC(=O)O)C(=O)N(C)CC(=O)N[C@@H](CS)C(=O)NCC(N)=O)C(C)C. The van der Waals surface area contributed by atoms with E-state index in [1.54, 1.807) is 13.8 Å². The van der Waals surface area contributed by atoms with Gasteiger partial charge in [-0.3, -0.25) is 14.4 Å². The van der Waals surface area contributed by atoms with Crippen molar-refractivity contribution in [1.29, 1.82) is 0 Å². The van der Waals surface area contributed by atoms with Gasteiger partial charge in [-0.15, -0.1) is 0 Å². The van der Waals surface area contributed by atoms with E-state index in [2.05, 4.69) is 49.3 Å². The maximum absolute atomic E-state index is 13.5. The molecule has 1 rings (SSSR count). The van der Waals surface area contributed by atoms with Crippen LogP contribution < -0.4 is 30.5 Å². The van der Waals surface area contributed by atoms with Gasteiger partial charge >= 0.3 is 216 Å². The van der Waals surface area contributed by atoms with E-state index in [0.717, 1.165) is 14.9 Å². The normalized spacial score (nSPS) is 13.7. The molecular weight excluding hydrogens is 745 g/mol. The Hall–Kier alpha value is -3.45. The standard InChI is InChI=1S/C30H48IN7O8S/c1-6-31(4)37-21(14-19-10-8-7-9-11-19)28(44)36-26(18(2)3)29(45)35-20(12-13-25(41)42)30(46)38(5)16-24(40)34-22(17-47)27(43)33-15-23(32)39/h7-11,18,20-22,26,37,47H,6,12-17H2,1-5H3,(H2,32,39)(H,33,43)(H,34,40)(H,35,45)(H,36,44)(H,41,42)/t20-,21-,22-,26-/m0/s1. The van der Waals surface area contributed by atoms with E-state index in [1.165, 1.54) is 7.05 Å². The summed E-state index contributed by atoms with van der Waals surface area (Å²) in [6.07, 6.45) is -0.327. The third-order valence-corrected chi connectivity index (χ3v) is 11.3. The number of nitrogens with one attached hydrogen (secondary N) is 5. The number of halogens is 1. The predicted molar refractivity (Wildman–Crippen MR) is 189 cm³/mol. The number of hydrogen-bond acceptors (Lipinski definition) is 9. The monoisotopic (exact) mass is 793 g/mol.